The van der Waals surface area contributed by atoms with Gasteiger partial charge in [-0.3, -0.25) is 20.8 Å². The highest BCUT2D eigenvalue weighted by Crippen LogP contribution is 2.25. The normalized spacial score (nSPS) is 9.65. The first-order valence-electron chi connectivity index (χ1n) is 5.96. The minimum absolute atomic E-state index is 0.0668. The second-order valence-electron chi connectivity index (χ2n) is 3.93. The van der Waals surface area contributed by atoms with E-state index in [4.69, 9.17) is 11.1 Å². The van der Waals surface area contributed by atoms with Gasteiger partial charge < -0.3 is 10.3 Å². The van der Waals surface area contributed by atoms with Gasteiger partial charge in [0.1, 0.15) is 5.69 Å². The fourth-order valence-electron chi connectivity index (χ4n) is 1.71. The van der Waals surface area contributed by atoms with Crippen LogP contribution < -0.4 is 11.3 Å². The SMILES string of the molecule is CCN(CCC#N)C(=O)c1ccc([N+](=O)[O-])c(NN)c1. The number of amides is 1. The summed E-state index contributed by atoms with van der Waals surface area (Å²) in [5, 5.41) is 19.3. The molecule has 0 atom stereocenters. The van der Waals surface area contributed by atoms with Crippen LogP contribution in [-0.4, -0.2) is 28.8 Å². The van der Waals surface area contributed by atoms with Crippen LogP contribution in [0.15, 0.2) is 18.2 Å². The van der Waals surface area contributed by atoms with Crippen molar-refractivity contribution in [2.45, 2.75) is 13.3 Å². The Morgan fingerprint density at radius 2 is 2.30 bits per heavy atom. The van der Waals surface area contributed by atoms with Gasteiger partial charge >= 0.3 is 0 Å². The van der Waals surface area contributed by atoms with Gasteiger partial charge in [-0.1, -0.05) is 0 Å². The number of carbonyl (C=O) groups is 1. The minimum atomic E-state index is -0.587. The molecule has 3 N–H and O–H groups in total. The van der Waals surface area contributed by atoms with Crippen LogP contribution in [0.5, 0.6) is 0 Å². The Kier molecular flexibility index (Phi) is 5.43. The first kappa shape index (κ1) is 15.4. The number of hydrazine groups is 1. The van der Waals surface area contributed by atoms with E-state index >= 15 is 0 Å². The molecule has 0 aliphatic rings. The van der Waals surface area contributed by atoms with E-state index in [0.29, 0.717) is 13.1 Å². The lowest BCUT2D eigenvalue weighted by atomic mass is 10.1. The predicted octanol–water partition coefficient (Wildman–Crippen LogP) is 1.26. The predicted molar refractivity (Wildman–Crippen MR) is 72.7 cm³/mol. The van der Waals surface area contributed by atoms with E-state index in [2.05, 4.69) is 5.43 Å². The first-order chi connectivity index (χ1) is 9.54. The molecule has 0 spiro atoms. The second-order valence-corrected chi connectivity index (χ2v) is 3.93. The zero-order valence-electron chi connectivity index (χ0n) is 11.0. The maximum absolute atomic E-state index is 12.2. The number of nitro groups is 1. The largest absolute Gasteiger partial charge is 0.338 e. The third kappa shape index (κ3) is 3.43. The number of nitrogens with one attached hydrogen (secondary N) is 1. The highest BCUT2D eigenvalue weighted by atomic mass is 16.6. The number of anilines is 1. The summed E-state index contributed by atoms with van der Waals surface area (Å²) in [5.74, 6) is 4.93. The molecular weight excluding hydrogens is 262 g/mol. The molecule has 0 aliphatic heterocycles. The van der Waals surface area contributed by atoms with Crippen LogP contribution in [0.2, 0.25) is 0 Å². The lowest BCUT2D eigenvalue weighted by Crippen LogP contribution is -2.31. The number of hydrogen-bond acceptors (Lipinski definition) is 6. The van der Waals surface area contributed by atoms with Crippen molar-refractivity contribution in [2.24, 2.45) is 5.84 Å². The van der Waals surface area contributed by atoms with Gasteiger partial charge in [-0.2, -0.15) is 5.26 Å². The molecule has 0 unspecified atom stereocenters. The molecule has 0 saturated carbocycles. The zero-order valence-corrected chi connectivity index (χ0v) is 11.0. The van der Waals surface area contributed by atoms with Gasteiger partial charge in [0.2, 0.25) is 0 Å². The van der Waals surface area contributed by atoms with E-state index in [1.807, 2.05) is 6.07 Å². The Bertz CT molecular complexity index is 553. The molecular formula is C12H15N5O3. The molecule has 8 nitrogen and oxygen atoms in total. The fraction of sp³-hybridized carbons (Fsp3) is 0.333. The average molecular weight is 277 g/mol. The summed E-state index contributed by atoms with van der Waals surface area (Å²) < 4.78 is 0. The maximum Gasteiger partial charge on any atom is 0.293 e. The molecule has 1 amide bonds. The monoisotopic (exact) mass is 277 g/mol. The highest BCUT2D eigenvalue weighted by molar-refractivity contribution is 5.96. The van der Waals surface area contributed by atoms with Crippen LogP contribution >= 0.6 is 0 Å². The number of rotatable bonds is 6. The van der Waals surface area contributed by atoms with Gasteiger partial charge in [0, 0.05) is 24.7 Å². The third-order valence-electron chi connectivity index (χ3n) is 2.76. The maximum atomic E-state index is 12.2. The van der Waals surface area contributed by atoms with Gasteiger partial charge in [0.25, 0.3) is 11.6 Å². The Balaban J connectivity index is 3.04. The van der Waals surface area contributed by atoms with E-state index < -0.39 is 4.92 Å². The van der Waals surface area contributed by atoms with Crippen molar-refractivity contribution in [2.75, 3.05) is 18.5 Å². The number of nitrogens with zero attached hydrogens (tertiary/aromatic N) is 3. The Morgan fingerprint density at radius 1 is 1.60 bits per heavy atom. The molecule has 8 heteroatoms. The lowest BCUT2D eigenvalue weighted by Gasteiger charge is -2.19. The minimum Gasteiger partial charge on any atom is -0.338 e. The standard InChI is InChI=1S/C12H15N5O3/c1-2-16(7-3-6-13)12(18)9-4-5-11(17(19)20)10(8-9)15-14/h4-5,8,15H,2-3,7,14H2,1H3. The topological polar surface area (TPSA) is 125 Å². The van der Waals surface area contributed by atoms with Crippen molar-refractivity contribution in [1.82, 2.24) is 4.90 Å². The van der Waals surface area contributed by atoms with Crippen LogP contribution in [0.4, 0.5) is 11.4 Å². The van der Waals surface area contributed by atoms with Gasteiger partial charge in [0.05, 0.1) is 17.4 Å². The molecule has 0 saturated heterocycles. The molecule has 106 valence electrons. The number of nitrogen functional groups attached to an aromatic ring is 1. The molecule has 20 heavy (non-hydrogen) atoms. The van der Waals surface area contributed by atoms with Crippen LogP contribution in [0.25, 0.3) is 0 Å². The number of hydrogen-bond donors (Lipinski definition) is 2. The quantitative estimate of drug-likeness (QED) is 0.458. The Hall–Kier alpha value is -2.66. The second kappa shape index (κ2) is 7.06. The van der Waals surface area contributed by atoms with Crippen LogP contribution in [0.3, 0.4) is 0 Å². The van der Waals surface area contributed by atoms with E-state index in [1.165, 1.54) is 23.1 Å². The summed E-state index contributed by atoms with van der Waals surface area (Å²) in [4.78, 5) is 23.9. The molecule has 1 rings (SSSR count). The van der Waals surface area contributed by atoms with E-state index in [-0.39, 0.29) is 29.3 Å². The van der Waals surface area contributed by atoms with Crippen molar-refractivity contribution < 1.29 is 9.72 Å². The number of nitro benzene ring substituents is 1. The summed E-state index contributed by atoms with van der Waals surface area (Å²) >= 11 is 0. The smallest absolute Gasteiger partial charge is 0.293 e. The van der Waals surface area contributed by atoms with Gasteiger partial charge in [-0.15, -0.1) is 0 Å². The van der Waals surface area contributed by atoms with E-state index in [0.717, 1.165) is 0 Å². The van der Waals surface area contributed by atoms with Gasteiger partial charge in [0.15, 0.2) is 0 Å². The van der Waals surface area contributed by atoms with Crippen molar-refractivity contribution in [3.8, 4) is 6.07 Å². The molecule has 1 aromatic rings. The van der Waals surface area contributed by atoms with Crippen LogP contribution in [-0.2, 0) is 0 Å². The molecule has 0 aliphatic carbocycles. The van der Waals surface area contributed by atoms with E-state index in [9.17, 15) is 14.9 Å². The van der Waals surface area contributed by atoms with Crippen LogP contribution in [0.1, 0.15) is 23.7 Å². The van der Waals surface area contributed by atoms with Gasteiger partial charge in [-0.05, 0) is 19.1 Å². The molecule has 0 aromatic heterocycles. The third-order valence-corrected chi connectivity index (χ3v) is 2.76. The summed E-state index contributed by atoms with van der Waals surface area (Å²) in [6.07, 6.45) is 0.231. The Morgan fingerprint density at radius 3 is 2.80 bits per heavy atom. The Labute approximate surface area is 115 Å². The molecule has 1 aromatic carbocycles. The lowest BCUT2D eigenvalue weighted by molar-refractivity contribution is -0.384. The number of nitrogens with two attached hydrogens (primary N) is 1. The fourth-order valence-corrected chi connectivity index (χ4v) is 1.71. The number of benzene rings is 1. The van der Waals surface area contributed by atoms with Crippen molar-refractivity contribution in [3.63, 3.8) is 0 Å². The van der Waals surface area contributed by atoms with Gasteiger partial charge in [-0.25, -0.2) is 0 Å². The summed E-state index contributed by atoms with van der Waals surface area (Å²) in [6.45, 7) is 2.56. The summed E-state index contributed by atoms with van der Waals surface area (Å²) in [7, 11) is 0. The zero-order chi connectivity index (χ0) is 15.1. The molecule has 0 radical (unpaired) electrons. The molecule has 0 heterocycles. The van der Waals surface area contributed by atoms with Crippen molar-refractivity contribution in [3.05, 3.63) is 33.9 Å². The first-order valence-corrected chi connectivity index (χ1v) is 5.96. The molecule has 0 bridgehead atoms. The highest BCUT2D eigenvalue weighted by Gasteiger charge is 2.19. The number of nitriles is 1. The summed E-state index contributed by atoms with van der Waals surface area (Å²) in [6, 6.07) is 5.89. The number of carbonyl (C=O) groups excluding carboxylic acids is 1. The van der Waals surface area contributed by atoms with E-state index in [1.54, 1.807) is 6.92 Å². The summed E-state index contributed by atoms with van der Waals surface area (Å²) in [5.41, 5.74) is 2.35. The molecule has 0 fully saturated rings. The van der Waals surface area contributed by atoms with Crippen molar-refractivity contribution in [1.29, 1.82) is 5.26 Å². The van der Waals surface area contributed by atoms with Crippen molar-refractivity contribution >= 4 is 17.3 Å². The average Bonchev–Trinajstić information content (AvgIpc) is 2.46. The van der Waals surface area contributed by atoms with Crippen LogP contribution in [0, 0.1) is 21.4 Å².